The molecule has 0 amide bonds. The SMILES string of the molecule is N[C@@H](c1ccccc1)[C@@H]([N-]S(=O)(=O)c1c(-c2ccccc2)cccc1-c1ccccc1)c1ccccc1.[CH3-].[Cl][Ru+3]. The van der Waals surface area contributed by atoms with E-state index in [4.69, 9.17) is 5.73 Å². The third kappa shape index (κ3) is 7.34. The van der Waals surface area contributed by atoms with Gasteiger partial charge in [0.05, 0.1) is 4.90 Å². The van der Waals surface area contributed by atoms with Gasteiger partial charge in [-0.05, 0) is 27.8 Å². The minimum absolute atomic E-state index is 0. The molecule has 0 aromatic heterocycles. The molecule has 5 aromatic rings. The van der Waals surface area contributed by atoms with Crippen LogP contribution in [0, 0.1) is 7.43 Å². The number of rotatable bonds is 8. The quantitative estimate of drug-likeness (QED) is 0.134. The molecule has 204 valence electrons. The summed E-state index contributed by atoms with van der Waals surface area (Å²) in [6.45, 7) is 0. The van der Waals surface area contributed by atoms with Gasteiger partial charge < -0.3 is 17.9 Å². The van der Waals surface area contributed by atoms with Crippen molar-refractivity contribution in [1.29, 1.82) is 0 Å². The Morgan fingerprint density at radius 1 is 0.575 bits per heavy atom. The summed E-state index contributed by atoms with van der Waals surface area (Å²) in [4.78, 5) is 0.175. The molecule has 0 aliphatic rings. The molecule has 0 bridgehead atoms. The Balaban J connectivity index is 0.00000144. The van der Waals surface area contributed by atoms with E-state index >= 15 is 0 Å². The molecule has 4 nitrogen and oxygen atoms in total. The maximum absolute atomic E-state index is 14.3. The molecule has 0 radical (unpaired) electrons. The number of nitrogens with zero attached hydrogens (tertiary/aromatic N) is 1. The van der Waals surface area contributed by atoms with Crippen molar-refractivity contribution in [1.82, 2.24) is 0 Å². The van der Waals surface area contributed by atoms with Crippen molar-refractivity contribution < 1.29 is 25.7 Å². The van der Waals surface area contributed by atoms with E-state index in [-0.39, 0.29) is 12.3 Å². The topological polar surface area (TPSA) is 74.3 Å². The van der Waals surface area contributed by atoms with Crippen LogP contribution in [-0.2, 0) is 27.3 Å². The average Bonchev–Trinajstić information content (AvgIpc) is 3.02. The van der Waals surface area contributed by atoms with Crippen LogP contribution in [0.5, 0.6) is 0 Å². The average molecular weight is 655 g/mol. The van der Waals surface area contributed by atoms with Gasteiger partial charge in [0.25, 0.3) is 0 Å². The van der Waals surface area contributed by atoms with E-state index in [1.54, 1.807) is 0 Å². The van der Waals surface area contributed by atoms with Crippen molar-refractivity contribution in [2.24, 2.45) is 5.73 Å². The van der Waals surface area contributed by atoms with Crippen LogP contribution in [0.2, 0.25) is 0 Å². The van der Waals surface area contributed by atoms with E-state index in [1.807, 2.05) is 157 Å². The van der Waals surface area contributed by atoms with Crippen molar-refractivity contribution >= 4 is 19.7 Å². The fraction of sp³-hybridized carbons (Fsp3) is 0.0606. The fourth-order valence-electron chi connectivity index (χ4n) is 4.55. The predicted molar refractivity (Wildman–Crippen MR) is 163 cm³/mol. The van der Waals surface area contributed by atoms with Crippen molar-refractivity contribution in [2.75, 3.05) is 0 Å². The minimum atomic E-state index is -4.17. The van der Waals surface area contributed by atoms with Gasteiger partial charge in [-0.15, -0.1) is 0 Å². The Labute approximate surface area is 252 Å². The first-order valence-electron chi connectivity index (χ1n) is 12.2. The second kappa shape index (κ2) is 15.0. The van der Waals surface area contributed by atoms with Crippen LogP contribution in [0.4, 0.5) is 0 Å². The standard InChI is InChI=1S/C32H27N2O2S.CH3.ClH.Ru/c33-30(26-18-9-3-10-19-26)31(27-20-11-4-12-21-27)34-37(35,36)32-28(24-14-5-1-6-15-24)22-13-23-29(32)25-16-7-2-8-17-25;;;/h1-23,30-31H,33H2;1H3;1H;/q2*-1;;+4/p-1/t30-,31-;;;/m0.../s1. The van der Waals surface area contributed by atoms with E-state index in [1.165, 1.54) is 0 Å². The van der Waals surface area contributed by atoms with E-state index < -0.39 is 22.1 Å². The van der Waals surface area contributed by atoms with Gasteiger partial charge in [-0.2, -0.15) is 0 Å². The summed E-state index contributed by atoms with van der Waals surface area (Å²) in [5.41, 5.74) is 11.1. The first-order valence-corrected chi connectivity index (χ1v) is 15.9. The van der Waals surface area contributed by atoms with Gasteiger partial charge in [-0.3, -0.25) is 0 Å². The molecule has 0 heterocycles. The van der Waals surface area contributed by atoms with Crippen LogP contribution in [-0.4, -0.2) is 8.42 Å². The Bertz CT molecular complexity index is 1510. The summed E-state index contributed by atoms with van der Waals surface area (Å²) in [6.07, 6.45) is 0. The Morgan fingerprint density at radius 3 is 1.38 bits per heavy atom. The zero-order valence-electron chi connectivity index (χ0n) is 21.9. The molecule has 0 fully saturated rings. The first-order chi connectivity index (χ1) is 19.0. The Morgan fingerprint density at radius 2 is 0.950 bits per heavy atom. The second-order valence-corrected chi connectivity index (χ2v) is 10.4. The Hall–Kier alpha value is -3.12. The molecular weight excluding hydrogens is 625 g/mol. The molecule has 7 heteroatoms. The van der Waals surface area contributed by atoms with Crippen LogP contribution in [0.3, 0.4) is 0 Å². The molecule has 0 aliphatic heterocycles. The fourth-order valence-corrected chi connectivity index (χ4v) is 6.13. The molecule has 2 atom stereocenters. The van der Waals surface area contributed by atoms with Gasteiger partial charge in [0.15, 0.2) is 0 Å². The van der Waals surface area contributed by atoms with E-state index in [9.17, 15) is 8.42 Å². The summed E-state index contributed by atoms with van der Waals surface area (Å²) in [6, 6.07) is 42.0. The number of hydrogen-bond donors (Lipinski definition) is 1. The van der Waals surface area contributed by atoms with Crippen LogP contribution >= 0.6 is 9.69 Å². The van der Waals surface area contributed by atoms with Gasteiger partial charge in [-0.25, -0.2) is 8.42 Å². The van der Waals surface area contributed by atoms with Crippen LogP contribution in [0.1, 0.15) is 23.2 Å². The summed E-state index contributed by atoms with van der Waals surface area (Å²) in [7, 11) is 0.396. The van der Waals surface area contributed by atoms with Gasteiger partial charge in [0, 0.05) is 6.04 Å². The molecular formula is C33H30ClN2O2RuS+. The molecule has 5 aromatic carbocycles. The van der Waals surface area contributed by atoms with E-state index in [0.717, 1.165) is 22.3 Å². The zero-order chi connectivity index (χ0) is 27.7. The van der Waals surface area contributed by atoms with Gasteiger partial charge >= 0.3 is 27.0 Å². The number of benzene rings is 5. The van der Waals surface area contributed by atoms with E-state index in [2.05, 4.69) is 14.4 Å². The second-order valence-electron chi connectivity index (χ2n) is 8.79. The zero-order valence-corrected chi connectivity index (χ0v) is 25.2. The monoisotopic (exact) mass is 655 g/mol. The summed E-state index contributed by atoms with van der Waals surface area (Å²) in [5.74, 6) is 0. The Kier molecular flexibility index (Phi) is 11.8. The van der Waals surface area contributed by atoms with Gasteiger partial charge in [-0.1, -0.05) is 151 Å². The van der Waals surface area contributed by atoms with Crippen molar-refractivity contribution in [3.8, 4) is 22.3 Å². The van der Waals surface area contributed by atoms with Crippen molar-refractivity contribution in [2.45, 2.75) is 17.0 Å². The summed E-state index contributed by atoms with van der Waals surface area (Å²) < 4.78 is 33.2. The predicted octanol–water partition coefficient (Wildman–Crippen LogP) is 8.66. The van der Waals surface area contributed by atoms with Crippen LogP contribution in [0.25, 0.3) is 27.0 Å². The van der Waals surface area contributed by atoms with Gasteiger partial charge in [0.1, 0.15) is 10.0 Å². The number of nitrogens with two attached hydrogens (primary N) is 1. The normalized spacial score (nSPS) is 12.2. The van der Waals surface area contributed by atoms with Crippen molar-refractivity contribution in [3.05, 3.63) is 163 Å². The third-order valence-corrected chi connectivity index (χ3v) is 7.82. The number of sulfonamides is 1. The molecule has 0 saturated heterocycles. The summed E-state index contributed by atoms with van der Waals surface area (Å²) >= 11 is 1.82. The first kappa shape index (κ1) is 31.4. The summed E-state index contributed by atoms with van der Waals surface area (Å²) in [5, 5.41) is 0. The number of halogens is 1. The molecule has 0 saturated carbocycles. The van der Waals surface area contributed by atoms with Crippen molar-refractivity contribution in [3.63, 3.8) is 0 Å². The third-order valence-electron chi connectivity index (χ3n) is 6.36. The van der Waals surface area contributed by atoms with Gasteiger partial charge in [0.2, 0.25) is 0 Å². The van der Waals surface area contributed by atoms with Crippen LogP contribution in [0.15, 0.2) is 144 Å². The number of hydrogen-bond acceptors (Lipinski definition) is 3. The van der Waals surface area contributed by atoms with Crippen LogP contribution < -0.4 is 5.73 Å². The molecule has 40 heavy (non-hydrogen) atoms. The molecule has 2 N–H and O–H groups in total. The maximum atomic E-state index is 14.3. The molecule has 0 aliphatic carbocycles. The van der Waals surface area contributed by atoms with E-state index in [0.29, 0.717) is 11.1 Å². The molecule has 0 unspecified atom stereocenters. The molecule has 5 rings (SSSR count). The molecule has 0 spiro atoms.